The van der Waals surface area contributed by atoms with Crippen molar-refractivity contribution in [3.8, 4) is 17.1 Å². The molecular formula is C23H26N4O3. The molecule has 2 heterocycles. The largest absolute Gasteiger partial charge is 0.463 e. The fourth-order valence-corrected chi connectivity index (χ4v) is 3.61. The van der Waals surface area contributed by atoms with Gasteiger partial charge in [-0.3, -0.25) is 9.59 Å². The van der Waals surface area contributed by atoms with Gasteiger partial charge in [-0.15, -0.1) is 0 Å². The van der Waals surface area contributed by atoms with Crippen molar-refractivity contribution in [1.29, 1.82) is 0 Å². The van der Waals surface area contributed by atoms with Crippen molar-refractivity contribution in [2.24, 2.45) is 11.8 Å². The summed E-state index contributed by atoms with van der Waals surface area (Å²) in [5, 5.41) is 10.4. The van der Waals surface area contributed by atoms with Crippen LogP contribution in [0.3, 0.4) is 0 Å². The third-order valence-corrected chi connectivity index (χ3v) is 5.30. The molecule has 1 aromatic carbocycles. The number of benzene rings is 1. The molecule has 2 aromatic heterocycles. The maximum atomic E-state index is 12.5. The summed E-state index contributed by atoms with van der Waals surface area (Å²) in [7, 11) is 0. The summed E-state index contributed by atoms with van der Waals surface area (Å²) in [5.74, 6) is 1.59. The first-order chi connectivity index (χ1) is 14.4. The lowest BCUT2D eigenvalue weighted by Gasteiger charge is -2.11. The van der Waals surface area contributed by atoms with Crippen molar-refractivity contribution in [2.75, 3.05) is 11.9 Å². The molecule has 7 heteroatoms. The SMILES string of the molecule is Cc1cc(C)cc(-n2nc(-c3ccco3)cc2NC(=O)CCNC(=O)C2CC2C)c1. The second-order valence-electron chi connectivity index (χ2n) is 8.06. The number of hydrogen-bond donors (Lipinski definition) is 2. The Hall–Kier alpha value is -3.35. The molecule has 1 aliphatic rings. The zero-order valence-electron chi connectivity index (χ0n) is 17.4. The van der Waals surface area contributed by atoms with Crippen LogP contribution in [-0.2, 0) is 9.59 Å². The Labute approximate surface area is 175 Å². The quantitative estimate of drug-likeness (QED) is 0.624. The Bertz CT molecular complexity index is 1050. The molecule has 2 atom stereocenters. The maximum Gasteiger partial charge on any atom is 0.227 e. The molecule has 30 heavy (non-hydrogen) atoms. The number of amides is 2. The number of nitrogens with zero attached hydrogens (tertiary/aromatic N) is 2. The summed E-state index contributed by atoms with van der Waals surface area (Å²) in [6.07, 6.45) is 2.72. The first kappa shape index (κ1) is 19.9. The molecule has 4 rings (SSSR count). The summed E-state index contributed by atoms with van der Waals surface area (Å²) in [6.45, 7) is 6.42. The van der Waals surface area contributed by atoms with E-state index in [0.717, 1.165) is 23.2 Å². The van der Waals surface area contributed by atoms with Crippen LogP contribution in [0, 0.1) is 25.7 Å². The second kappa shape index (κ2) is 8.18. The molecule has 1 saturated carbocycles. The summed E-state index contributed by atoms with van der Waals surface area (Å²) in [4.78, 5) is 24.5. The Morgan fingerprint density at radius 2 is 1.93 bits per heavy atom. The zero-order chi connectivity index (χ0) is 21.3. The van der Waals surface area contributed by atoms with Crippen LogP contribution in [0.1, 0.15) is 30.9 Å². The first-order valence-corrected chi connectivity index (χ1v) is 10.2. The van der Waals surface area contributed by atoms with Crippen LogP contribution in [0.15, 0.2) is 47.1 Å². The highest BCUT2D eigenvalue weighted by molar-refractivity contribution is 5.91. The fourth-order valence-electron chi connectivity index (χ4n) is 3.61. The van der Waals surface area contributed by atoms with Gasteiger partial charge in [0.2, 0.25) is 11.8 Å². The predicted octanol–water partition coefficient (Wildman–Crippen LogP) is 3.85. The van der Waals surface area contributed by atoms with E-state index < -0.39 is 0 Å². The van der Waals surface area contributed by atoms with Crippen LogP contribution in [0.5, 0.6) is 0 Å². The smallest absolute Gasteiger partial charge is 0.227 e. The molecule has 2 amide bonds. The number of carbonyl (C=O) groups excluding carboxylic acids is 2. The molecule has 2 N–H and O–H groups in total. The number of furan rings is 1. The van der Waals surface area contributed by atoms with Gasteiger partial charge < -0.3 is 15.1 Å². The lowest BCUT2D eigenvalue weighted by Crippen LogP contribution is -2.29. The van der Waals surface area contributed by atoms with Crippen molar-refractivity contribution in [1.82, 2.24) is 15.1 Å². The Morgan fingerprint density at radius 3 is 2.57 bits per heavy atom. The van der Waals surface area contributed by atoms with E-state index in [1.54, 1.807) is 23.1 Å². The van der Waals surface area contributed by atoms with Gasteiger partial charge in [-0.1, -0.05) is 13.0 Å². The van der Waals surface area contributed by atoms with E-state index in [1.807, 2.05) is 32.0 Å². The number of carbonyl (C=O) groups is 2. The lowest BCUT2D eigenvalue weighted by atomic mass is 10.1. The van der Waals surface area contributed by atoms with E-state index in [1.165, 1.54) is 0 Å². The number of aryl methyl sites for hydroxylation is 2. The van der Waals surface area contributed by atoms with Crippen molar-refractivity contribution in [3.05, 3.63) is 53.8 Å². The van der Waals surface area contributed by atoms with Gasteiger partial charge in [0.15, 0.2) is 5.76 Å². The second-order valence-corrected chi connectivity index (χ2v) is 8.06. The average Bonchev–Trinajstić information content (AvgIpc) is 3.09. The topological polar surface area (TPSA) is 89.2 Å². The molecule has 0 aliphatic heterocycles. The van der Waals surface area contributed by atoms with E-state index in [9.17, 15) is 9.59 Å². The molecule has 0 bridgehead atoms. The molecule has 156 valence electrons. The monoisotopic (exact) mass is 406 g/mol. The molecule has 1 aliphatic carbocycles. The van der Waals surface area contributed by atoms with Crippen LogP contribution in [0.4, 0.5) is 5.82 Å². The van der Waals surface area contributed by atoms with Gasteiger partial charge in [0.25, 0.3) is 0 Å². The van der Waals surface area contributed by atoms with E-state index in [-0.39, 0.29) is 24.2 Å². The molecule has 0 saturated heterocycles. The number of hydrogen-bond acceptors (Lipinski definition) is 4. The third-order valence-electron chi connectivity index (χ3n) is 5.30. The van der Waals surface area contributed by atoms with Gasteiger partial charge >= 0.3 is 0 Å². The Morgan fingerprint density at radius 1 is 1.20 bits per heavy atom. The van der Waals surface area contributed by atoms with Crippen LogP contribution < -0.4 is 10.6 Å². The maximum absolute atomic E-state index is 12.5. The minimum Gasteiger partial charge on any atom is -0.463 e. The number of aromatic nitrogens is 2. The van der Waals surface area contributed by atoms with Crippen LogP contribution in [0.2, 0.25) is 0 Å². The lowest BCUT2D eigenvalue weighted by molar-refractivity contribution is -0.122. The molecule has 3 aromatic rings. The van der Waals surface area contributed by atoms with Crippen molar-refractivity contribution >= 4 is 17.6 Å². The average molecular weight is 406 g/mol. The van der Waals surface area contributed by atoms with Crippen molar-refractivity contribution < 1.29 is 14.0 Å². The predicted molar refractivity (Wildman–Crippen MR) is 114 cm³/mol. The fraction of sp³-hybridized carbons (Fsp3) is 0.348. The first-order valence-electron chi connectivity index (χ1n) is 10.2. The van der Waals surface area contributed by atoms with Gasteiger partial charge in [0, 0.05) is 24.9 Å². The molecule has 0 radical (unpaired) electrons. The van der Waals surface area contributed by atoms with E-state index in [0.29, 0.717) is 29.7 Å². The van der Waals surface area contributed by atoms with E-state index in [4.69, 9.17) is 4.42 Å². The summed E-state index contributed by atoms with van der Waals surface area (Å²) in [6, 6.07) is 11.5. The minimum atomic E-state index is -0.185. The summed E-state index contributed by atoms with van der Waals surface area (Å²) in [5.41, 5.74) is 3.70. The number of nitrogens with one attached hydrogen (secondary N) is 2. The zero-order valence-corrected chi connectivity index (χ0v) is 17.4. The molecule has 7 nitrogen and oxygen atoms in total. The van der Waals surface area contributed by atoms with Crippen molar-refractivity contribution in [3.63, 3.8) is 0 Å². The van der Waals surface area contributed by atoms with Gasteiger partial charge in [-0.25, -0.2) is 4.68 Å². The highest BCUT2D eigenvalue weighted by Gasteiger charge is 2.38. The molecular weight excluding hydrogens is 380 g/mol. The summed E-state index contributed by atoms with van der Waals surface area (Å²) >= 11 is 0. The highest BCUT2D eigenvalue weighted by atomic mass is 16.3. The molecule has 0 spiro atoms. The van der Waals surface area contributed by atoms with Crippen LogP contribution in [0.25, 0.3) is 17.1 Å². The Kier molecular flexibility index (Phi) is 5.44. The van der Waals surface area contributed by atoms with Crippen LogP contribution >= 0.6 is 0 Å². The molecule has 2 unspecified atom stereocenters. The molecule has 1 fully saturated rings. The number of rotatable bonds is 7. The highest BCUT2D eigenvalue weighted by Crippen LogP contribution is 2.37. The normalized spacial score (nSPS) is 17.6. The van der Waals surface area contributed by atoms with Crippen molar-refractivity contribution in [2.45, 2.75) is 33.6 Å². The van der Waals surface area contributed by atoms with Crippen LogP contribution in [-0.4, -0.2) is 28.1 Å². The van der Waals surface area contributed by atoms with E-state index >= 15 is 0 Å². The Balaban J connectivity index is 1.50. The standard InChI is InChI=1S/C23H26N4O3/c1-14-9-15(2)11-17(10-14)27-21(13-19(26-27)20-5-4-8-30-20)25-22(28)6-7-24-23(29)18-12-16(18)3/h4-5,8-11,13,16,18H,6-7,12H2,1-3H3,(H,24,29)(H,25,28). The van der Waals surface area contributed by atoms with Gasteiger partial charge in [0.1, 0.15) is 11.5 Å². The van der Waals surface area contributed by atoms with Gasteiger partial charge in [0.05, 0.1) is 12.0 Å². The van der Waals surface area contributed by atoms with Gasteiger partial charge in [-0.05, 0) is 61.6 Å². The van der Waals surface area contributed by atoms with Gasteiger partial charge in [-0.2, -0.15) is 5.10 Å². The third kappa shape index (κ3) is 4.45. The van der Waals surface area contributed by atoms with E-state index in [2.05, 4.69) is 28.7 Å². The summed E-state index contributed by atoms with van der Waals surface area (Å²) < 4.78 is 7.18. The number of anilines is 1. The minimum absolute atomic E-state index is 0.0377.